The molecular formula is C25H23N5O2. The molecule has 4 aromatic rings. The Kier molecular flexibility index (Phi) is 5.15. The van der Waals surface area contributed by atoms with Crippen molar-refractivity contribution in [1.82, 2.24) is 14.6 Å². The van der Waals surface area contributed by atoms with E-state index >= 15 is 0 Å². The largest absolute Gasteiger partial charge is 0.325 e. The van der Waals surface area contributed by atoms with Crippen LogP contribution in [0.2, 0.25) is 0 Å². The second kappa shape index (κ2) is 8.26. The van der Waals surface area contributed by atoms with Gasteiger partial charge in [-0.2, -0.15) is 0 Å². The molecule has 2 heterocycles. The Bertz CT molecular complexity index is 1310. The highest BCUT2D eigenvalue weighted by molar-refractivity contribution is 6.04. The molecule has 0 saturated heterocycles. The smallest absolute Gasteiger partial charge is 0.255 e. The predicted molar refractivity (Wildman–Crippen MR) is 124 cm³/mol. The molecule has 32 heavy (non-hydrogen) atoms. The van der Waals surface area contributed by atoms with Crippen LogP contribution < -0.4 is 10.6 Å². The normalized spacial score (nSPS) is 13.2. The summed E-state index contributed by atoms with van der Waals surface area (Å²) in [5.74, 6) is 0.674. The van der Waals surface area contributed by atoms with Crippen molar-refractivity contribution in [2.45, 2.75) is 26.2 Å². The number of nitrogens with zero attached hydrogens (tertiary/aromatic N) is 3. The Morgan fingerprint density at radius 1 is 0.969 bits per heavy atom. The van der Waals surface area contributed by atoms with Crippen molar-refractivity contribution in [3.05, 3.63) is 78.0 Å². The third kappa shape index (κ3) is 3.97. The maximum absolute atomic E-state index is 12.7. The van der Waals surface area contributed by atoms with Gasteiger partial charge in [-0.1, -0.05) is 37.3 Å². The van der Waals surface area contributed by atoms with Gasteiger partial charge in [0.25, 0.3) is 5.91 Å². The molecule has 5 rings (SSSR count). The zero-order valence-corrected chi connectivity index (χ0v) is 17.7. The van der Waals surface area contributed by atoms with Gasteiger partial charge in [0.2, 0.25) is 5.91 Å². The maximum Gasteiger partial charge on any atom is 0.255 e. The first-order valence-corrected chi connectivity index (χ1v) is 10.8. The fourth-order valence-electron chi connectivity index (χ4n) is 3.67. The van der Waals surface area contributed by atoms with E-state index in [1.54, 1.807) is 12.1 Å². The minimum Gasteiger partial charge on any atom is -0.325 e. The van der Waals surface area contributed by atoms with Crippen LogP contribution in [0.15, 0.2) is 66.9 Å². The molecule has 1 saturated carbocycles. The molecule has 0 spiro atoms. The number of pyridine rings is 1. The third-order valence-corrected chi connectivity index (χ3v) is 5.67. The number of fused-ring (bicyclic) bond motifs is 1. The van der Waals surface area contributed by atoms with E-state index < -0.39 is 0 Å². The Hall–Kier alpha value is -4.00. The number of aryl methyl sites for hydroxylation is 1. The minimum absolute atomic E-state index is 0.0546. The number of anilines is 2. The van der Waals surface area contributed by atoms with Gasteiger partial charge in [-0.05, 0) is 55.2 Å². The maximum atomic E-state index is 12.7. The van der Waals surface area contributed by atoms with Gasteiger partial charge in [0.1, 0.15) is 0 Å². The number of carbonyl (C=O) groups is 2. The lowest BCUT2D eigenvalue weighted by Gasteiger charge is -2.10. The van der Waals surface area contributed by atoms with Crippen molar-refractivity contribution >= 4 is 28.8 Å². The molecule has 1 aliphatic rings. The monoisotopic (exact) mass is 425 g/mol. The molecule has 0 radical (unpaired) electrons. The molecule has 160 valence electrons. The first kappa shape index (κ1) is 19.9. The number of rotatable bonds is 6. The van der Waals surface area contributed by atoms with E-state index in [9.17, 15) is 9.59 Å². The molecule has 0 unspecified atom stereocenters. The minimum atomic E-state index is -0.159. The van der Waals surface area contributed by atoms with Crippen molar-refractivity contribution in [2.24, 2.45) is 5.92 Å². The number of hydrogen-bond acceptors (Lipinski definition) is 4. The second-order valence-electron chi connectivity index (χ2n) is 7.98. The molecule has 0 atom stereocenters. The van der Waals surface area contributed by atoms with Crippen molar-refractivity contribution in [1.29, 1.82) is 0 Å². The lowest BCUT2D eigenvalue weighted by Crippen LogP contribution is -2.13. The summed E-state index contributed by atoms with van der Waals surface area (Å²) < 4.78 is 1.84. The van der Waals surface area contributed by atoms with Crippen molar-refractivity contribution in [3.63, 3.8) is 0 Å². The fraction of sp³-hybridized carbons (Fsp3) is 0.200. The third-order valence-electron chi connectivity index (χ3n) is 5.67. The van der Waals surface area contributed by atoms with Gasteiger partial charge in [-0.15, -0.1) is 10.2 Å². The van der Waals surface area contributed by atoms with Gasteiger partial charge in [-0.3, -0.25) is 14.0 Å². The second-order valence-corrected chi connectivity index (χ2v) is 7.98. The quantitative estimate of drug-likeness (QED) is 0.474. The highest BCUT2D eigenvalue weighted by Gasteiger charge is 2.29. The summed E-state index contributed by atoms with van der Waals surface area (Å²) in [7, 11) is 0. The molecule has 1 fully saturated rings. The van der Waals surface area contributed by atoms with Gasteiger partial charge in [0.05, 0.1) is 5.69 Å². The molecular weight excluding hydrogens is 402 g/mol. The topological polar surface area (TPSA) is 88.4 Å². The summed E-state index contributed by atoms with van der Waals surface area (Å²) in [6, 6.07) is 18.7. The zero-order chi connectivity index (χ0) is 22.1. The molecule has 0 bridgehead atoms. The summed E-state index contributed by atoms with van der Waals surface area (Å²) in [4.78, 5) is 24.8. The van der Waals surface area contributed by atoms with E-state index in [4.69, 9.17) is 0 Å². The molecule has 7 heteroatoms. The number of para-hydroxylation sites is 1. The van der Waals surface area contributed by atoms with Crippen LogP contribution in [0.1, 0.15) is 35.7 Å². The Balaban J connectivity index is 1.37. The molecule has 2 aromatic carbocycles. The van der Waals surface area contributed by atoms with E-state index in [2.05, 4.69) is 27.8 Å². The molecule has 7 nitrogen and oxygen atoms in total. The number of amides is 2. The average molecular weight is 425 g/mol. The van der Waals surface area contributed by atoms with Crippen molar-refractivity contribution in [2.75, 3.05) is 10.6 Å². The fourth-order valence-corrected chi connectivity index (χ4v) is 3.67. The van der Waals surface area contributed by atoms with Crippen LogP contribution >= 0.6 is 0 Å². The molecule has 0 aliphatic heterocycles. The molecule has 2 amide bonds. The van der Waals surface area contributed by atoms with Crippen LogP contribution in [-0.2, 0) is 11.2 Å². The number of carbonyl (C=O) groups excluding carboxylic acids is 2. The van der Waals surface area contributed by atoms with Crippen LogP contribution in [0.5, 0.6) is 0 Å². The van der Waals surface area contributed by atoms with Crippen molar-refractivity contribution in [3.8, 4) is 11.4 Å². The number of aromatic nitrogens is 3. The highest BCUT2D eigenvalue weighted by Crippen LogP contribution is 2.30. The predicted octanol–water partition coefficient (Wildman–Crippen LogP) is 4.56. The van der Waals surface area contributed by atoms with Crippen LogP contribution in [0, 0.1) is 5.92 Å². The zero-order valence-electron chi connectivity index (χ0n) is 17.7. The summed E-state index contributed by atoms with van der Waals surface area (Å²) in [6.45, 7) is 2.06. The van der Waals surface area contributed by atoms with E-state index in [1.165, 1.54) is 0 Å². The summed E-state index contributed by atoms with van der Waals surface area (Å²) in [5, 5.41) is 14.5. The van der Waals surface area contributed by atoms with E-state index in [-0.39, 0.29) is 17.7 Å². The molecule has 2 aromatic heterocycles. The van der Waals surface area contributed by atoms with Crippen LogP contribution in [0.4, 0.5) is 11.4 Å². The summed E-state index contributed by atoms with van der Waals surface area (Å²) in [6.07, 6.45) is 4.58. The van der Waals surface area contributed by atoms with E-state index in [1.807, 2.05) is 59.1 Å². The van der Waals surface area contributed by atoms with Gasteiger partial charge < -0.3 is 10.6 Å². The lowest BCUT2D eigenvalue weighted by molar-refractivity contribution is -0.117. The van der Waals surface area contributed by atoms with Gasteiger partial charge in [0.15, 0.2) is 11.5 Å². The van der Waals surface area contributed by atoms with Crippen molar-refractivity contribution < 1.29 is 9.59 Å². The van der Waals surface area contributed by atoms with Crippen LogP contribution in [-0.4, -0.2) is 26.4 Å². The van der Waals surface area contributed by atoms with E-state index in [0.717, 1.165) is 36.1 Å². The first-order valence-electron chi connectivity index (χ1n) is 10.8. The molecule has 2 N–H and O–H groups in total. The van der Waals surface area contributed by atoms with Gasteiger partial charge in [0, 0.05) is 28.9 Å². The number of nitrogens with one attached hydrogen (secondary N) is 2. The summed E-state index contributed by atoms with van der Waals surface area (Å²) >= 11 is 0. The Morgan fingerprint density at radius 2 is 1.75 bits per heavy atom. The Morgan fingerprint density at radius 3 is 2.50 bits per heavy atom. The number of hydrogen-bond donors (Lipinski definition) is 2. The SMILES string of the molecule is CCc1ccccc1NC(=O)c1ccc(-c2nnc3ccc(NC(=O)C4CC4)cn23)cc1. The first-order chi connectivity index (χ1) is 15.6. The standard InChI is InChI=1S/C25H23N5O2/c1-2-16-5-3-4-6-21(16)27-25(32)19-9-7-17(8-10-19)23-29-28-22-14-13-20(15-30(22)23)26-24(31)18-11-12-18/h3-10,13-15,18H,2,11-12H2,1H3,(H,26,31)(H,27,32). The Labute approximate surface area is 185 Å². The summed E-state index contributed by atoms with van der Waals surface area (Å²) in [5.41, 5.74) is 4.70. The average Bonchev–Trinajstić information content (AvgIpc) is 3.59. The highest BCUT2D eigenvalue weighted by atomic mass is 16.2. The molecule has 1 aliphatic carbocycles. The van der Waals surface area contributed by atoms with E-state index in [0.29, 0.717) is 22.7 Å². The van der Waals surface area contributed by atoms with Gasteiger partial charge >= 0.3 is 0 Å². The number of benzene rings is 2. The van der Waals surface area contributed by atoms with Gasteiger partial charge in [-0.25, -0.2) is 0 Å². The lowest BCUT2D eigenvalue weighted by atomic mass is 10.1. The van der Waals surface area contributed by atoms with Crippen LogP contribution in [0.25, 0.3) is 17.0 Å². The van der Waals surface area contributed by atoms with Crippen LogP contribution in [0.3, 0.4) is 0 Å².